The fraction of sp³-hybridized carbons (Fsp3) is 0.526. The van der Waals surface area contributed by atoms with Crippen molar-refractivity contribution < 1.29 is 13.5 Å². The van der Waals surface area contributed by atoms with E-state index in [9.17, 15) is 8.78 Å². The Morgan fingerprint density at radius 2 is 2.12 bits per heavy atom. The van der Waals surface area contributed by atoms with Gasteiger partial charge in [-0.15, -0.1) is 0 Å². The number of allylic oxidation sites excluding steroid dienone is 2. The average Bonchev–Trinajstić information content (AvgIpc) is 3.02. The number of nitrogens with one attached hydrogen (secondary N) is 1. The SMILES string of the molecule is C=C(/C=C(\N)N1C[C@H](F)[C@@H](F)C1)c1n[nH]c2c1C[C@@H](OC1(C)CC1)C=C2. The lowest BCUT2D eigenvalue weighted by atomic mass is 9.96. The third-order valence-electron chi connectivity index (χ3n) is 5.35. The molecule has 0 amide bonds. The van der Waals surface area contributed by atoms with E-state index in [4.69, 9.17) is 10.5 Å². The van der Waals surface area contributed by atoms with Crippen LogP contribution in [0.4, 0.5) is 8.78 Å². The molecule has 2 aliphatic carbocycles. The molecule has 2 fully saturated rings. The number of fused-ring (bicyclic) bond motifs is 1. The van der Waals surface area contributed by atoms with Crippen LogP contribution in [0.2, 0.25) is 0 Å². The molecule has 0 bridgehead atoms. The van der Waals surface area contributed by atoms with Gasteiger partial charge in [0.15, 0.2) is 12.3 Å². The summed E-state index contributed by atoms with van der Waals surface area (Å²) in [7, 11) is 0. The highest BCUT2D eigenvalue weighted by atomic mass is 19.2. The van der Waals surface area contributed by atoms with Gasteiger partial charge in [-0.1, -0.05) is 12.7 Å². The van der Waals surface area contributed by atoms with Crippen LogP contribution in [0.1, 0.15) is 36.7 Å². The number of aromatic nitrogens is 2. The predicted octanol–water partition coefficient (Wildman–Crippen LogP) is 2.72. The van der Waals surface area contributed by atoms with Crippen molar-refractivity contribution in [3.8, 4) is 0 Å². The summed E-state index contributed by atoms with van der Waals surface area (Å²) < 4.78 is 32.9. The summed E-state index contributed by atoms with van der Waals surface area (Å²) in [6.45, 7) is 6.10. The van der Waals surface area contributed by atoms with Crippen LogP contribution in [-0.2, 0) is 11.2 Å². The minimum absolute atomic E-state index is 0.000680. The smallest absolute Gasteiger partial charge is 0.150 e. The van der Waals surface area contributed by atoms with Crippen LogP contribution in [0, 0.1) is 0 Å². The second-order valence-electron chi connectivity index (χ2n) is 7.67. The molecule has 1 saturated carbocycles. The number of aromatic amines is 1. The van der Waals surface area contributed by atoms with Gasteiger partial charge in [-0.05, 0) is 37.5 Å². The zero-order chi connectivity index (χ0) is 18.5. The van der Waals surface area contributed by atoms with Gasteiger partial charge in [-0.25, -0.2) is 8.78 Å². The summed E-state index contributed by atoms with van der Waals surface area (Å²) in [6.07, 6.45) is 5.58. The summed E-state index contributed by atoms with van der Waals surface area (Å²) in [4.78, 5) is 1.50. The van der Waals surface area contributed by atoms with Gasteiger partial charge in [0, 0.05) is 12.0 Å². The Balaban J connectivity index is 1.49. The Hall–Kier alpha value is -2.15. The standard InChI is InChI=1S/C19H24F2N4O/c1-11(7-17(22)25-9-14(20)15(21)10-25)18-13-8-12(26-19(2)5-6-19)3-4-16(13)23-24-18/h3-4,7,12,14-15H,1,5-6,8-10,22H2,2H3,(H,23,24)/b17-7+/t12-,14-,15-/m0/s1. The molecule has 0 spiro atoms. The molecule has 4 rings (SSSR count). The summed E-state index contributed by atoms with van der Waals surface area (Å²) in [5, 5.41) is 7.36. The largest absolute Gasteiger partial charge is 0.385 e. The second-order valence-corrected chi connectivity index (χ2v) is 7.67. The van der Waals surface area contributed by atoms with Crippen molar-refractivity contribution in [2.75, 3.05) is 13.1 Å². The number of hydrogen-bond acceptors (Lipinski definition) is 4. The number of H-pyrrole nitrogens is 1. The highest BCUT2D eigenvalue weighted by Gasteiger charge is 2.41. The van der Waals surface area contributed by atoms with Crippen molar-refractivity contribution in [1.82, 2.24) is 15.1 Å². The topological polar surface area (TPSA) is 67.2 Å². The molecular formula is C19H24F2N4O. The normalized spacial score (nSPS) is 29.7. The molecule has 0 radical (unpaired) electrons. The zero-order valence-electron chi connectivity index (χ0n) is 14.8. The van der Waals surface area contributed by atoms with Gasteiger partial charge in [0.05, 0.1) is 42.0 Å². The Morgan fingerprint density at radius 3 is 2.77 bits per heavy atom. The molecule has 1 saturated heterocycles. The molecule has 7 heteroatoms. The summed E-state index contributed by atoms with van der Waals surface area (Å²) >= 11 is 0. The van der Waals surface area contributed by atoms with E-state index in [2.05, 4.69) is 23.7 Å². The maximum absolute atomic E-state index is 13.4. The van der Waals surface area contributed by atoms with Crippen molar-refractivity contribution in [3.05, 3.63) is 41.5 Å². The first-order valence-electron chi connectivity index (χ1n) is 8.97. The van der Waals surface area contributed by atoms with Gasteiger partial charge < -0.3 is 15.4 Å². The van der Waals surface area contributed by atoms with E-state index in [0.717, 1.165) is 29.8 Å². The van der Waals surface area contributed by atoms with Crippen molar-refractivity contribution >= 4 is 11.6 Å². The highest BCUT2D eigenvalue weighted by molar-refractivity contribution is 5.75. The van der Waals surface area contributed by atoms with Crippen LogP contribution < -0.4 is 5.73 Å². The van der Waals surface area contributed by atoms with E-state index in [1.807, 2.05) is 12.2 Å². The third-order valence-corrected chi connectivity index (χ3v) is 5.35. The summed E-state index contributed by atoms with van der Waals surface area (Å²) in [6, 6.07) is 0. The molecule has 0 unspecified atom stereocenters. The van der Waals surface area contributed by atoms with Crippen LogP contribution >= 0.6 is 0 Å². The zero-order valence-corrected chi connectivity index (χ0v) is 14.8. The minimum Gasteiger partial charge on any atom is -0.385 e. The maximum Gasteiger partial charge on any atom is 0.150 e. The van der Waals surface area contributed by atoms with Gasteiger partial charge in [0.1, 0.15) is 0 Å². The molecule has 1 aromatic rings. The molecule has 1 aromatic heterocycles. The number of alkyl halides is 2. The summed E-state index contributed by atoms with van der Waals surface area (Å²) in [5.41, 5.74) is 9.32. The predicted molar refractivity (Wildman–Crippen MR) is 96.5 cm³/mol. The van der Waals surface area contributed by atoms with E-state index in [1.54, 1.807) is 6.08 Å². The van der Waals surface area contributed by atoms with Crippen LogP contribution in [0.5, 0.6) is 0 Å². The van der Waals surface area contributed by atoms with Crippen LogP contribution in [-0.4, -0.2) is 52.2 Å². The fourth-order valence-electron chi connectivity index (χ4n) is 3.48. The Kier molecular flexibility index (Phi) is 4.14. The minimum atomic E-state index is -1.50. The van der Waals surface area contributed by atoms with Crippen molar-refractivity contribution in [2.45, 2.75) is 50.2 Å². The first-order valence-corrected chi connectivity index (χ1v) is 8.97. The lowest BCUT2D eigenvalue weighted by Crippen LogP contribution is -2.26. The van der Waals surface area contributed by atoms with E-state index in [1.165, 1.54) is 4.90 Å². The number of nitrogens with two attached hydrogens (primary N) is 1. The molecule has 26 heavy (non-hydrogen) atoms. The van der Waals surface area contributed by atoms with Crippen molar-refractivity contribution in [3.63, 3.8) is 0 Å². The molecule has 140 valence electrons. The second kappa shape index (κ2) is 6.23. The molecule has 3 atom stereocenters. The maximum atomic E-state index is 13.4. The number of ether oxygens (including phenoxy) is 1. The molecular weight excluding hydrogens is 338 g/mol. The van der Waals surface area contributed by atoms with E-state index >= 15 is 0 Å². The number of likely N-dealkylation sites (tertiary alicyclic amines) is 1. The van der Waals surface area contributed by atoms with Gasteiger partial charge in [-0.2, -0.15) is 5.10 Å². The third kappa shape index (κ3) is 3.28. The van der Waals surface area contributed by atoms with E-state index < -0.39 is 12.3 Å². The van der Waals surface area contributed by atoms with Gasteiger partial charge in [-0.3, -0.25) is 5.10 Å². The van der Waals surface area contributed by atoms with Gasteiger partial charge in [0.25, 0.3) is 0 Å². The lowest BCUT2D eigenvalue weighted by molar-refractivity contribution is 0.00633. The van der Waals surface area contributed by atoms with Crippen molar-refractivity contribution in [2.24, 2.45) is 5.73 Å². The van der Waals surface area contributed by atoms with E-state index in [-0.39, 0.29) is 24.8 Å². The molecule has 2 heterocycles. The Morgan fingerprint density at radius 1 is 1.42 bits per heavy atom. The van der Waals surface area contributed by atoms with Crippen LogP contribution in [0.15, 0.2) is 24.6 Å². The van der Waals surface area contributed by atoms with Crippen LogP contribution in [0.25, 0.3) is 11.6 Å². The van der Waals surface area contributed by atoms with E-state index in [0.29, 0.717) is 17.8 Å². The fourth-order valence-corrected chi connectivity index (χ4v) is 3.48. The summed E-state index contributed by atoms with van der Waals surface area (Å²) in [5.74, 6) is 0.305. The number of nitrogens with zero attached hydrogens (tertiary/aromatic N) is 2. The molecule has 0 aromatic carbocycles. The Labute approximate surface area is 151 Å². The Bertz CT molecular complexity index is 771. The quantitative estimate of drug-likeness (QED) is 0.791. The van der Waals surface area contributed by atoms with Crippen molar-refractivity contribution in [1.29, 1.82) is 0 Å². The lowest BCUT2D eigenvalue weighted by Gasteiger charge is -2.22. The monoisotopic (exact) mass is 362 g/mol. The molecule has 1 aliphatic heterocycles. The number of hydrogen-bond donors (Lipinski definition) is 2. The van der Waals surface area contributed by atoms with Crippen LogP contribution in [0.3, 0.4) is 0 Å². The van der Waals surface area contributed by atoms with Gasteiger partial charge in [0.2, 0.25) is 0 Å². The molecule has 3 N–H and O–H groups in total. The number of rotatable bonds is 5. The first-order chi connectivity index (χ1) is 12.3. The number of halogens is 2. The average molecular weight is 362 g/mol. The molecule has 3 aliphatic rings. The van der Waals surface area contributed by atoms with Gasteiger partial charge >= 0.3 is 0 Å². The molecule has 5 nitrogen and oxygen atoms in total. The highest BCUT2D eigenvalue weighted by Crippen LogP contribution is 2.41. The first kappa shape index (κ1) is 17.3.